The maximum atomic E-state index is 13.8. The van der Waals surface area contributed by atoms with E-state index in [4.69, 9.17) is 61.7 Å². The summed E-state index contributed by atoms with van der Waals surface area (Å²) in [5, 5.41) is 12.2. The summed E-state index contributed by atoms with van der Waals surface area (Å²) < 4.78 is 136. The monoisotopic (exact) mass is 1530 g/mol. The molecule has 560 valence electrons. The molecule has 30 heteroatoms. The van der Waals surface area contributed by atoms with E-state index in [1.165, 1.54) is 24.3 Å². The van der Waals surface area contributed by atoms with Crippen molar-refractivity contribution in [3.63, 3.8) is 0 Å². The van der Waals surface area contributed by atoms with Crippen molar-refractivity contribution in [1.29, 1.82) is 5.26 Å². The largest absolute Gasteiger partial charge is 0.479 e. The number of alkyl halides is 3. The highest BCUT2D eigenvalue weighted by molar-refractivity contribution is 7.91. The SMILES string of the molecule is CCCCOC(=O)[C@@H](C)Oc1ccc(Oc2ccc(C#N)cc2F)cc1.CCOC(=O)C1=NOC(c2ccccc2)(c2ccccc2)C1.CS(=O)(=O)c1ccc(C(=O)C2C(=O)CCCC2=O)c(Cl)c1COCC(F)(F)F.CS(=O)(=O)c1ccc(C(=O)C2C(=O)CCCC2=O)c(Cl)c1COCC1CCCO1. The number of ketones is 6. The number of hydrogen-bond donors (Lipinski definition) is 0. The van der Waals surface area contributed by atoms with Gasteiger partial charge in [-0.05, 0) is 113 Å². The summed E-state index contributed by atoms with van der Waals surface area (Å²) >= 11 is 12.5. The van der Waals surface area contributed by atoms with Crippen LogP contribution in [0.15, 0.2) is 142 Å². The van der Waals surface area contributed by atoms with Crippen molar-refractivity contribution in [2.24, 2.45) is 17.0 Å². The first-order chi connectivity index (χ1) is 49.8. The minimum atomic E-state index is -4.65. The first kappa shape index (κ1) is 83.2. The summed E-state index contributed by atoms with van der Waals surface area (Å²) in [6.07, 6.45) is 1.54. The highest BCUT2D eigenvalue weighted by Gasteiger charge is 2.46. The quantitative estimate of drug-likeness (QED) is 0.0169. The maximum Gasteiger partial charge on any atom is 0.411 e. The second-order valence-electron chi connectivity index (χ2n) is 24.5. The summed E-state index contributed by atoms with van der Waals surface area (Å²) in [5.41, 5.74) is 1.15. The van der Waals surface area contributed by atoms with Gasteiger partial charge in [-0.3, -0.25) is 28.8 Å². The summed E-state index contributed by atoms with van der Waals surface area (Å²) in [4.78, 5) is 103. The first-order valence-corrected chi connectivity index (χ1v) is 37.8. The van der Waals surface area contributed by atoms with Gasteiger partial charge in [-0.15, -0.1) is 0 Å². The molecule has 0 radical (unpaired) electrons. The number of Topliss-reactive ketones (excluding diaryl/α,β-unsaturated/α-hetero) is 6. The van der Waals surface area contributed by atoms with Gasteiger partial charge in [0.05, 0.1) is 77.0 Å². The lowest BCUT2D eigenvalue weighted by Crippen LogP contribution is -2.35. The number of benzene rings is 6. The number of ether oxygens (including phenoxy) is 7. The lowest BCUT2D eigenvalue weighted by molar-refractivity contribution is -0.176. The third-order valence-corrected chi connectivity index (χ3v) is 19.8. The average Bonchev–Trinajstić information content (AvgIpc) is 1.48. The fourth-order valence-corrected chi connectivity index (χ4v) is 13.9. The Morgan fingerprint density at radius 1 is 0.686 bits per heavy atom. The van der Waals surface area contributed by atoms with Crippen molar-refractivity contribution in [2.45, 2.75) is 138 Å². The molecule has 0 N–H and O–H groups in total. The summed E-state index contributed by atoms with van der Waals surface area (Å²) in [7, 11) is -7.54. The predicted molar refractivity (Wildman–Crippen MR) is 374 cm³/mol. The van der Waals surface area contributed by atoms with Gasteiger partial charge < -0.3 is 38.0 Å². The van der Waals surface area contributed by atoms with E-state index >= 15 is 0 Å². The minimum Gasteiger partial charge on any atom is -0.479 e. The van der Waals surface area contributed by atoms with E-state index in [2.05, 4.69) is 9.89 Å². The molecule has 2 atom stereocenters. The number of hydrogen-bond acceptors (Lipinski definition) is 22. The summed E-state index contributed by atoms with van der Waals surface area (Å²) in [6, 6.07) is 36.5. The standard InChI is InChI=1S/C20H23ClO7S.C20H20FNO4.C18H17NO3.C17H16ClF3O6S/c1-29(25,26)17-8-7-13(20(24)18-15(22)5-2-6-16(18)23)19(21)14(17)11-27-10-12-4-3-9-28-12;1-3-4-11-24-20(23)14(2)25-16-6-8-17(9-7-16)26-19-10-5-15(13-22)12-18(19)21;1-2-21-17(20)16-13-18(22-19-16,14-9-5-3-6-10-14)15-11-7-4-8-12-15;1-28(25,26)13-6-5-9(15(18)10(13)7-27-8-17(19,20)21)16(24)14-11(22)3-2-4-12(14)23/h7-8,12,18H,2-6,9-11H2,1H3;5-10,12,14H,3-4,11H2,1-2H3;3-12H,2,13H2,1H3;5-6,14H,2-4,7-8H2,1H3/t;14-;;/m.1../s1. The molecular formula is C75H76Cl2F4N2O20S2. The molecule has 6 aromatic carbocycles. The van der Waals surface area contributed by atoms with Crippen LogP contribution in [-0.2, 0) is 95.8 Å². The lowest BCUT2D eigenvalue weighted by atomic mass is 9.81. The topological polar surface area (TPSA) is 315 Å². The molecule has 1 unspecified atom stereocenters. The van der Waals surface area contributed by atoms with Crippen LogP contribution >= 0.6 is 23.2 Å². The zero-order chi connectivity index (χ0) is 76.8. The molecule has 3 fully saturated rings. The Balaban J connectivity index is 0.000000196. The molecule has 2 heterocycles. The van der Waals surface area contributed by atoms with Crippen LogP contribution in [0.5, 0.6) is 17.2 Å². The van der Waals surface area contributed by atoms with Gasteiger partial charge in [0, 0.05) is 78.2 Å². The summed E-state index contributed by atoms with van der Waals surface area (Å²) in [6.45, 7) is 4.44. The van der Waals surface area contributed by atoms with Gasteiger partial charge in [0.2, 0.25) is 0 Å². The van der Waals surface area contributed by atoms with E-state index < -0.39 is 125 Å². The Kier molecular flexibility index (Phi) is 30.3. The first-order valence-electron chi connectivity index (χ1n) is 33.2. The predicted octanol–water partition coefficient (Wildman–Crippen LogP) is 13.4. The van der Waals surface area contributed by atoms with Crippen molar-refractivity contribution in [2.75, 3.05) is 45.5 Å². The number of unbranched alkanes of at least 4 members (excludes halogenated alkanes) is 1. The highest BCUT2D eigenvalue weighted by atomic mass is 35.5. The molecule has 0 bridgehead atoms. The van der Waals surface area contributed by atoms with Gasteiger partial charge in [0.15, 0.2) is 83.4 Å². The van der Waals surface area contributed by atoms with Crippen molar-refractivity contribution in [1.82, 2.24) is 0 Å². The van der Waals surface area contributed by atoms with Crippen molar-refractivity contribution in [3.8, 4) is 23.3 Å². The van der Waals surface area contributed by atoms with Gasteiger partial charge in [-0.25, -0.2) is 30.8 Å². The number of rotatable bonds is 25. The minimum absolute atomic E-state index is 0.0190. The number of halogens is 6. The van der Waals surface area contributed by atoms with Crippen LogP contribution in [0.3, 0.4) is 0 Å². The molecule has 0 spiro atoms. The zero-order valence-corrected chi connectivity index (χ0v) is 61.0. The number of nitrogens with zero attached hydrogens (tertiary/aromatic N) is 2. The Morgan fingerprint density at radius 2 is 1.19 bits per heavy atom. The fourth-order valence-electron chi connectivity index (χ4n) is 11.3. The molecule has 2 saturated carbocycles. The van der Waals surface area contributed by atoms with E-state index in [0.717, 1.165) is 67.5 Å². The molecule has 10 rings (SSSR count). The van der Waals surface area contributed by atoms with Crippen LogP contribution in [0.25, 0.3) is 0 Å². The number of nitriles is 1. The van der Waals surface area contributed by atoms with Crippen LogP contribution in [0.4, 0.5) is 17.6 Å². The highest BCUT2D eigenvalue weighted by Crippen LogP contribution is 2.42. The van der Waals surface area contributed by atoms with Crippen LogP contribution < -0.4 is 9.47 Å². The van der Waals surface area contributed by atoms with E-state index in [9.17, 15) is 72.8 Å². The van der Waals surface area contributed by atoms with Gasteiger partial charge in [0.1, 0.15) is 29.9 Å². The number of esters is 2. The van der Waals surface area contributed by atoms with Crippen molar-refractivity contribution < 1.29 is 111 Å². The third kappa shape index (κ3) is 23.0. The van der Waals surface area contributed by atoms with Gasteiger partial charge in [-0.2, -0.15) is 18.4 Å². The van der Waals surface area contributed by atoms with Crippen LogP contribution in [0.1, 0.15) is 140 Å². The molecule has 2 aliphatic carbocycles. The number of sulfone groups is 2. The molecule has 6 aromatic rings. The number of oxime groups is 1. The summed E-state index contributed by atoms with van der Waals surface area (Å²) in [5.74, 6) is -7.06. The number of carbonyl (C=O) groups is 8. The molecule has 0 aromatic heterocycles. The average molecular weight is 1540 g/mol. The van der Waals surface area contributed by atoms with E-state index in [1.54, 1.807) is 38.1 Å². The molecular weight excluding hydrogens is 1460 g/mol. The Morgan fingerprint density at radius 3 is 1.64 bits per heavy atom. The van der Waals surface area contributed by atoms with Gasteiger partial charge in [-0.1, -0.05) is 102 Å². The Labute approximate surface area is 614 Å². The second-order valence-corrected chi connectivity index (χ2v) is 29.2. The van der Waals surface area contributed by atoms with E-state index in [1.807, 2.05) is 73.7 Å². The van der Waals surface area contributed by atoms with Crippen LogP contribution in [0.2, 0.25) is 10.0 Å². The maximum absolute atomic E-state index is 13.8. The van der Waals surface area contributed by atoms with Gasteiger partial charge >= 0.3 is 18.1 Å². The van der Waals surface area contributed by atoms with Crippen LogP contribution in [-0.4, -0.2) is 133 Å². The van der Waals surface area contributed by atoms with Gasteiger partial charge in [0.25, 0.3) is 0 Å². The molecule has 22 nitrogen and oxygen atoms in total. The van der Waals surface area contributed by atoms with Crippen LogP contribution in [0, 0.1) is 29.0 Å². The zero-order valence-electron chi connectivity index (χ0n) is 57.8. The lowest BCUT2D eigenvalue weighted by Gasteiger charge is -2.27. The Bertz CT molecular complexity index is 4380. The second kappa shape index (κ2) is 38.3. The smallest absolute Gasteiger partial charge is 0.411 e. The number of carbonyl (C=O) groups excluding carboxylic acids is 8. The van der Waals surface area contributed by atoms with Crippen molar-refractivity contribution in [3.05, 3.63) is 182 Å². The normalized spacial score (nSPS) is 16.3. The molecule has 4 aliphatic rings. The molecule has 1 saturated heterocycles. The molecule has 105 heavy (non-hydrogen) atoms. The van der Waals surface area contributed by atoms with E-state index in [-0.39, 0.29) is 88.5 Å². The third-order valence-electron chi connectivity index (χ3n) is 16.5. The van der Waals surface area contributed by atoms with Crippen molar-refractivity contribution >= 4 is 95.2 Å². The fraction of sp³-hybridized carbons (Fsp3) is 0.387. The molecule has 2 aliphatic heterocycles. The van der Waals surface area contributed by atoms with E-state index in [0.29, 0.717) is 56.3 Å². The Hall–Kier alpha value is -9.08. The molecule has 0 amide bonds.